The van der Waals surface area contributed by atoms with Gasteiger partial charge < -0.3 is 19.8 Å². The molecule has 4 rings (SSSR count). The van der Waals surface area contributed by atoms with Crippen LogP contribution >= 0.6 is 0 Å². The number of rotatable bonds is 4. The molecule has 1 aliphatic rings. The monoisotopic (exact) mass is 337 g/mol. The summed E-state index contributed by atoms with van der Waals surface area (Å²) in [6, 6.07) is 12.6. The van der Waals surface area contributed by atoms with Crippen LogP contribution in [0.2, 0.25) is 0 Å². The minimum absolute atomic E-state index is 0.0461. The Hall–Kier alpha value is -2.86. The molecule has 0 spiro atoms. The quantitative estimate of drug-likeness (QED) is 0.761. The third kappa shape index (κ3) is 3.21. The lowest BCUT2D eigenvalue weighted by atomic mass is 10.2. The first kappa shape index (κ1) is 15.7. The van der Waals surface area contributed by atoms with E-state index in [1.807, 2.05) is 18.2 Å². The standard InChI is InChI=1S/C19H19N3O3/c1-24-14-7-4-12(5-8-14)19(23)20-13-6-9-15-16(11-13)22-18(21-15)17-3-2-10-25-17/h4-9,11,17H,2-3,10H2,1H3,(H,20,23)(H,21,22). The molecule has 2 aromatic carbocycles. The number of imidazole rings is 1. The fourth-order valence-corrected chi connectivity index (χ4v) is 3.00. The average molecular weight is 337 g/mol. The van der Waals surface area contributed by atoms with Crippen LogP contribution in [0.5, 0.6) is 5.75 Å². The fraction of sp³-hybridized carbons (Fsp3) is 0.263. The summed E-state index contributed by atoms with van der Waals surface area (Å²) in [6.07, 6.45) is 2.09. The lowest BCUT2D eigenvalue weighted by molar-refractivity contribution is 0.102. The zero-order valence-corrected chi connectivity index (χ0v) is 13.9. The summed E-state index contributed by atoms with van der Waals surface area (Å²) >= 11 is 0. The molecule has 0 saturated carbocycles. The van der Waals surface area contributed by atoms with Crippen molar-refractivity contribution < 1.29 is 14.3 Å². The Morgan fingerprint density at radius 1 is 1.28 bits per heavy atom. The number of fused-ring (bicyclic) bond motifs is 1. The van der Waals surface area contributed by atoms with Gasteiger partial charge in [0.15, 0.2) is 0 Å². The van der Waals surface area contributed by atoms with E-state index in [0.717, 1.165) is 47.7 Å². The van der Waals surface area contributed by atoms with Crippen LogP contribution < -0.4 is 10.1 Å². The first-order valence-electron chi connectivity index (χ1n) is 8.29. The van der Waals surface area contributed by atoms with Crippen molar-refractivity contribution >= 4 is 22.6 Å². The van der Waals surface area contributed by atoms with E-state index in [0.29, 0.717) is 5.56 Å². The van der Waals surface area contributed by atoms with Gasteiger partial charge in [-0.2, -0.15) is 0 Å². The molecule has 6 heteroatoms. The van der Waals surface area contributed by atoms with E-state index in [1.165, 1.54) is 0 Å². The number of hydrogen-bond donors (Lipinski definition) is 2. The van der Waals surface area contributed by atoms with Gasteiger partial charge in [0.05, 0.1) is 18.1 Å². The zero-order valence-electron chi connectivity index (χ0n) is 13.9. The Morgan fingerprint density at radius 2 is 2.12 bits per heavy atom. The second kappa shape index (κ2) is 6.57. The van der Waals surface area contributed by atoms with Gasteiger partial charge >= 0.3 is 0 Å². The number of aromatic amines is 1. The van der Waals surface area contributed by atoms with Crippen LogP contribution in [-0.2, 0) is 4.74 Å². The van der Waals surface area contributed by atoms with Gasteiger partial charge in [-0.15, -0.1) is 0 Å². The number of anilines is 1. The van der Waals surface area contributed by atoms with E-state index in [-0.39, 0.29) is 12.0 Å². The van der Waals surface area contributed by atoms with Crippen molar-refractivity contribution in [3.63, 3.8) is 0 Å². The summed E-state index contributed by atoms with van der Waals surface area (Å²) in [7, 11) is 1.60. The highest BCUT2D eigenvalue weighted by Crippen LogP contribution is 2.28. The van der Waals surface area contributed by atoms with E-state index in [2.05, 4.69) is 15.3 Å². The first-order chi connectivity index (χ1) is 12.2. The Balaban J connectivity index is 1.53. The second-order valence-corrected chi connectivity index (χ2v) is 6.04. The summed E-state index contributed by atoms with van der Waals surface area (Å²) in [5, 5.41) is 2.91. The fourth-order valence-electron chi connectivity index (χ4n) is 3.00. The number of nitrogens with zero attached hydrogens (tertiary/aromatic N) is 1. The summed E-state index contributed by atoms with van der Waals surface area (Å²) in [5.74, 6) is 1.41. The molecular formula is C19H19N3O3. The van der Waals surface area contributed by atoms with E-state index >= 15 is 0 Å². The number of ether oxygens (including phenoxy) is 2. The molecule has 25 heavy (non-hydrogen) atoms. The van der Waals surface area contributed by atoms with Crippen molar-refractivity contribution in [1.82, 2.24) is 9.97 Å². The minimum atomic E-state index is -0.166. The Bertz CT molecular complexity index is 896. The summed E-state index contributed by atoms with van der Waals surface area (Å²) < 4.78 is 10.8. The zero-order chi connectivity index (χ0) is 17.2. The number of nitrogens with one attached hydrogen (secondary N) is 2. The third-order valence-corrected chi connectivity index (χ3v) is 4.34. The molecular weight excluding hydrogens is 318 g/mol. The smallest absolute Gasteiger partial charge is 0.255 e. The number of methoxy groups -OCH3 is 1. The van der Waals surface area contributed by atoms with Gasteiger partial charge in [0.25, 0.3) is 5.91 Å². The number of H-pyrrole nitrogens is 1. The van der Waals surface area contributed by atoms with Crippen molar-refractivity contribution in [2.24, 2.45) is 0 Å². The lowest BCUT2D eigenvalue weighted by Gasteiger charge is -2.06. The molecule has 1 saturated heterocycles. The van der Waals surface area contributed by atoms with Crippen LogP contribution in [0.1, 0.15) is 35.1 Å². The number of hydrogen-bond acceptors (Lipinski definition) is 4. The van der Waals surface area contributed by atoms with Gasteiger partial charge in [-0.25, -0.2) is 4.98 Å². The molecule has 1 atom stereocenters. The van der Waals surface area contributed by atoms with Gasteiger partial charge in [0, 0.05) is 17.9 Å². The number of carbonyl (C=O) groups is 1. The molecule has 128 valence electrons. The summed E-state index contributed by atoms with van der Waals surface area (Å²) in [6.45, 7) is 0.783. The van der Waals surface area contributed by atoms with Crippen LogP contribution in [0.3, 0.4) is 0 Å². The number of amides is 1. The minimum Gasteiger partial charge on any atom is -0.497 e. The predicted molar refractivity (Wildman–Crippen MR) is 95.0 cm³/mol. The van der Waals surface area contributed by atoms with Gasteiger partial charge in [-0.1, -0.05) is 0 Å². The van der Waals surface area contributed by atoms with Crippen LogP contribution in [-0.4, -0.2) is 29.6 Å². The number of aromatic nitrogens is 2. The van der Waals surface area contributed by atoms with Crippen molar-refractivity contribution in [1.29, 1.82) is 0 Å². The largest absolute Gasteiger partial charge is 0.497 e. The Morgan fingerprint density at radius 3 is 2.84 bits per heavy atom. The highest BCUT2D eigenvalue weighted by Gasteiger charge is 2.21. The first-order valence-corrected chi connectivity index (χ1v) is 8.29. The van der Waals surface area contributed by atoms with Gasteiger partial charge in [0.1, 0.15) is 17.7 Å². The van der Waals surface area contributed by atoms with E-state index in [4.69, 9.17) is 9.47 Å². The van der Waals surface area contributed by atoms with E-state index in [9.17, 15) is 4.79 Å². The van der Waals surface area contributed by atoms with Crippen LogP contribution in [0, 0.1) is 0 Å². The Kier molecular flexibility index (Phi) is 4.11. The summed E-state index contributed by atoms with van der Waals surface area (Å²) in [5.41, 5.74) is 3.05. The van der Waals surface area contributed by atoms with E-state index < -0.39 is 0 Å². The topological polar surface area (TPSA) is 76.2 Å². The molecule has 2 N–H and O–H groups in total. The van der Waals surface area contributed by atoms with Gasteiger partial charge in [-0.3, -0.25) is 4.79 Å². The molecule has 6 nitrogen and oxygen atoms in total. The molecule has 0 radical (unpaired) electrons. The average Bonchev–Trinajstić information content (AvgIpc) is 3.30. The molecule has 1 amide bonds. The molecule has 0 bridgehead atoms. The molecule has 1 unspecified atom stereocenters. The van der Waals surface area contributed by atoms with Crippen molar-refractivity contribution in [2.45, 2.75) is 18.9 Å². The van der Waals surface area contributed by atoms with Crippen molar-refractivity contribution in [2.75, 3.05) is 19.0 Å². The van der Waals surface area contributed by atoms with Crippen LogP contribution in [0.25, 0.3) is 11.0 Å². The Labute approximate surface area is 145 Å². The molecule has 2 heterocycles. The van der Waals surface area contributed by atoms with Crippen molar-refractivity contribution in [3.05, 3.63) is 53.9 Å². The number of carbonyl (C=O) groups excluding carboxylic acids is 1. The molecule has 3 aromatic rings. The second-order valence-electron chi connectivity index (χ2n) is 6.04. The maximum Gasteiger partial charge on any atom is 0.255 e. The van der Waals surface area contributed by atoms with Crippen LogP contribution in [0.4, 0.5) is 5.69 Å². The van der Waals surface area contributed by atoms with Crippen molar-refractivity contribution in [3.8, 4) is 5.75 Å². The molecule has 1 fully saturated rings. The molecule has 0 aliphatic carbocycles. The molecule has 1 aliphatic heterocycles. The SMILES string of the molecule is COc1ccc(C(=O)Nc2ccc3nc(C4CCCO4)[nH]c3c2)cc1. The van der Waals surface area contributed by atoms with Gasteiger partial charge in [0.2, 0.25) is 0 Å². The number of benzene rings is 2. The molecule has 1 aromatic heterocycles. The third-order valence-electron chi connectivity index (χ3n) is 4.34. The maximum absolute atomic E-state index is 12.4. The highest BCUT2D eigenvalue weighted by atomic mass is 16.5. The normalized spacial score (nSPS) is 16.9. The van der Waals surface area contributed by atoms with Crippen LogP contribution in [0.15, 0.2) is 42.5 Å². The highest BCUT2D eigenvalue weighted by molar-refractivity contribution is 6.05. The maximum atomic E-state index is 12.4. The lowest BCUT2D eigenvalue weighted by Crippen LogP contribution is -2.11. The van der Waals surface area contributed by atoms with E-state index in [1.54, 1.807) is 31.4 Å². The summed E-state index contributed by atoms with van der Waals surface area (Å²) in [4.78, 5) is 20.3. The van der Waals surface area contributed by atoms with Gasteiger partial charge in [-0.05, 0) is 55.3 Å². The predicted octanol–water partition coefficient (Wildman–Crippen LogP) is 3.68.